The van der Waals surface area contributed by atoms with Crippen LogP contribution in [-0.2, 0) is 43.7 Å². The molecule has 0 unspecified atom stereocenters. The minimum Gasteiger partial charge on any atom is -0.391 e. The predicted molar refractivity (Wildman–Crippen MR) is 403 cm³/mol. The normalized spacial score (nSPS) is 22.6. The highest BCUT2D eigenvalue weighted by molar-refractivity contribution is 7.99. The molecule has 3 aliphatic heterocycles. The van der Waals surface area contributed by atoms with Gasteiger partial charge >= 0.3 is 5.51 Å². The van der Waals surface area contributed by atoms with E-state index < -0.39 is 112 Å². The molecule has 584 valence electrons. The lowest BCUT2D eigenvalue weighted by atomic mass is 9.32. The molecule has 5 aromatic rings. The number of hydrogen-bond acceptors (Lipinski definition) is 19. The number of carbonyl (C=O) groups excluding carboxylic acids is 4. The van der Waals surface area contributed by atoms with E-state index in [1.165, 1.54) is 39.9 Å². The first-order chi connectivity index (χ1) is 50.6. The number of β-amino-alcohol motifs (C(OH)–C–C–N with tert-alkyl or cyclic N) is 1. The van der Waals surface area contributed by atoms with Crippen LogP contribution in [0.15, 0.2) is 128 Å². The fourth-order valence-electron chi connectivity index (χ4n) is 15.8. The molecule has 4 aromatic carbocycles. The molecule has 0 radical (unpaired) electrons. The van der Waals surface area contributed by atoms with Crippen molar-refractivity contribution in [1.82, 2.24) is 39.9 Å². The van der Waals surface area contributed by atoms with Gasteiger partial charge in [0.15, 0.2) is 0 Å². The number of sulfonamides is 1. The number of allylic oxidation sites excluding steroid dienone is 1. The smallest absolute Gasteiger partial charge is 0.391 e. The van der Waals surface area contributed by atoms with Crippen LogP contribution in [0.1, 0.15) is 127 Å². The molecule has 6 fully saturated rings. The number of aliphatic hydroxyl groups is 1. The number of piperazine rings is 2. The van der Waals surface area contributed by atoms with Gasteiger partial charge < -0.3 is 45.2 Å². The number of aliphatic hydroxyl groups excluding tert-OH is 1. The van der Waals surface area contributed by atoms with E-state index in [1.807, 2.05) is 93.9 Å². The second kappa shape index (κ2) is 33.9. The molecule has 7 aliphatic rings. The van der Waals surface area contributed by atoms with Gasteiger partial charge in [0.05, 0.1) is 65.2 Å². The summed E-state index contributed by atoms with van der Waals surface area (Å²) in [4.78, 5) is 69.3. The number of thioether (sulfide) groups is 1. The van der Waals surface area contributed by atoms with E-state index in [9.17, 15) is 63.1 Å². The van der Waals surface area contributed by atoms with Gasteiger partial charge in [0.1, 0.15) is 17.0 Å². The topological polar surface area (TPSA) is 252 Å². The summed E-state index contributed by atoms with van der Waals surface area (Å²) in [7, 11) is -11.1. The van der Waals surface area contributed by atoms with Gasteiger partial charge in [-0.05, 0) is 141 Å². The molecule has 3 saturated carbocycles. The van der Waals surface area contributed by atoms with Gasteiger partial charge in [-0.3, -0.25) is 29.0 Å². The molecule has 5 N–H and O–H groups in total. The molecular formula is C77H101F5N10O11S4. The number of nitrogens with one attached hydrogen (secondary N) is 4. The number of aromatic nitrogens is 1. The zero-order chi connectivity index (χ0) is 76.9. The number of aryl methyl sites for hydroxylation is 1. The highest BCUT2D eigenvalue weighted by atomic mass is 32.2. The van der Waals surface area contributed by atoms with Gasteiger partial charge in [-0.1, -0.05) is 88.2 Å². The second-order valence-corrected chi connectivity index (χ2v) is 37.1. The Kier molecular flexibility index (Phi) is 25.8. The maximum Gasteiger partial charge on any atom is 0.501 e. The van der Waals surface area contributed by atoms with Crippen molar-refractivity contribution in [2.45, 2.75) is 163 Å². The third-order valence-electron chi connectivity index (χ3n) is 22.0. The molecule has 4 heterocycles. The van der Waals surface area contributed by atoms with Crippen molar-refractivity contribution in [1.29, 1.82) is 0 Å². The maximum absolute atomic E-state index is 14.6. The largest absolute Gasteiger partial charge is 0.501 e. The van der Waals surface area contributed by atoms with Crippen LogP contribution in [0.25, 0.3) is 10.4 Å². The minimum absolute atomic E-state index is 0.0407. The summed E-state index contributed by atoms with van der Waals surface area (Å²) < 4.78 is 140. The molecule has 107 heavy (non-hydrogen) atoms. The van der Waals surface area contributed by atoms with Gasteiger partial charge in [0, 0.05) is 125 Å². The number of sulfone groups is 1. The van der Waals surface area contributed by atoms with E-state index in [0.29, 0.717) is 96.5 Å². The van der Waals surface area contributed by atoms with Crippen LogP contribution in [0.5, 0.6) is 0 Å². The Balaban J connectivity index is 0.614. The zero-order valence-electron chi connectivity index (χ0n) is 61.9. The number of thiazole rings is 1. The monoisotopic (exact) mass is 1560 g/mol. The summed E-state index contributed by atoms with van der Waals surface area (Å²) in [5.41, 5.74) is 0.405. The molecular weight excluding hydrogens is 1460 g/mol. The van der Waals surface area contributed by atoms with Crippen molar-refractivity contribution in [2.75, 3.05) is 121 Å². The summed E-state index contributed by atoms with van der Waals surface area (Å²) in [5.74, 6) is -2.07. The lowest BCUT2D eigenvalue weighted by Crippen LogP contribution is -2.66. The van der Waals surface area contributed by atoms with Gasteiger partial charge in [-0.25, -0.2) is 35.3 Å². The molecule has 3 saturated heterocycles. The molecule has 0 spiro atoms. The number of rotatable bonds is 32. The standard InChI is InChI=1S/C77H101F5N10O11S4/c1-51(53-13-15-54(16-14-53)67-52(2)83-50-105-67)84-70(96)64-41-59(93)45-92(64)71(97)68(73(3,4)5)86-66(94)25-37-102-39-40-103-38-36-89-30-28-88(29-31-89)27-24-57(46-104-60-11-9-8-10-12-60)85-63-22-21-61(42-65(63)106(98,99)77(80,81)82)107(100,101)87-69(95)55-17-19-58(20-18-55)91-34-32-90(33-35-91)44-56-23-26-74(6,7)43-62(56)75-47-76(48-75,49-75)72(78)79/h8-22,42,50-51,57,59,64,68,72,85,93H,23-41,43-49H2,1-7H3,(H,84,96)(H,86,94)(H,87,95)/t51-,57+,59+,64-,68+,75?,76?/m0/s1. The van der Waals surface area contributed by atoms with Crippen LogP contribution in [-0.4, -0.2) is 217 Å². The zero-order valence-corrected chi connectivity index (χ0v) is 65.2. The van der Waals surface area contributed by atoms with Crippen LogP contribution in [0.3, 0.4) is 0 Å². The number of benzene rings is 4. The predicted octanol–water partition coefficient (Wildman–Crippen LogP) is 11.0. The number of likely N-dealkylation sites (tertiary alicyclic amines) is 1. The van der Waals surface area contributed by atoms with Crippen molar-refractivity contribution < 1.29 is 72.5 Å². The van der Waals surface area contributed by atoms with Crippen LogP contribution in [0, 0.1) is 28.6 Å². The first-order valence-electron chi connectivity index (χ1n) is 36.8. The molecule has 30 heteroatoms. The molecule has 5 atom stereocenters. The van der Waals surface area contributed by atoms with Crippen LogP contribution < -0.4 is 25.6 Å². The van der Waals surface area contributed by atoms with Gasteiger partial charge in [-0.15, -0.1) is 23.1 Å². The number of hydrogen-bond donors (Lipinski definition) is 5. The van der Waals surface area contributed by atoms with Crippen molar-refractivity contribution >= 4 is 78.0 Å². The van der Waals surface area contributed by atoms with E-state index in [1.54, 1.807) is 29.0 Å². The van der Waals surface area contributed by atoms with E-state index in [0.717, 1.165) is 83.3 Å². The fourth-order valence-corrected chi connectivity index (χ4v) is 19.6. The lowest BCUT2D eigenvalue weighted by molar-refractivity contribution is -0.250. The van der Waals surface area contributed by atoms with E-state index in [4.69, 9.17) is 9.47 Å². The van der Waals surface area contributed by atoms with Crippen molar-refractivity contribution in [3.8, 4) is 10.4 Å². The Labute approximate surface area is 633 Å². The molecule has 2 bridgehead atoms. The summed E-state index contributed by atoms with van der Waals surface area (Å²) in [6.07, 6.45) is 1.87. The number of nitrogens with zero attached hydrogens (tertiary/aromatic N) is 6. The maximum atomic E-state index is 14.6. The SMILES string of the molecule is Cc1ncsc1-c1ccc([C@H](C)NC(=O)[C@@H]2C[C@@H](O)CN2C(=O)[C@@H](NC(=O)CCOCCOCCN2CCN(CC[C@H](CSc3ccccc3)Nc3ccc(S(=O)(=O)NC(=O)c4ccc(N5CCN(CC6=C(C78CC(C(F)F)(C7)C8)CC(C)(C)CC6)CC5)cc4)cc3S(=O)(=O)C(F)(F)F)CC2)C(C)(C)C)cc1. The number of amides is 4. The molecule has 4 aliphatic carbocycles. The molecule has 21 nitrogen and oxygen atoms in total. The van der Waals surface area contributed by atoms with E-state index >= 15 is 0 Å². The number of carbonyl (C=O) groups is 4. The average Bonchev–Trinajstić information content (AvgIpc) is 1.05. The van der Waals surface area contributed by atoms with Crippen LogP contribution in [0.2, 0.25) is 0 Å². The lowest BCUT2D eigenvalue weighted by Gasteiger charge is -2.72. The Hall–Kier alpha value is -6.61. The number of ether oxygens (including phenoxy) is 2. The summed E-state index contributed by atoms with van der Waals surface area (Å²) in [5, 5.41) is 19.6. The van der Waals surface area contributed by atoms with E-state index in [-0.39, 0.29) is 55.6 Å². The molecule has 4 amide bonds. The second-order valence-electron chi connectivity index (χ2n) is 31.5. The highest BCUT2D eigenvalue weighted by Gasteiger charge is 2.73. The summed E-state index contributed by atoms with van der Waals surface area (Å²) in [6.45, 7) is 22.1. The highest BCUT2D eigenvalue weighted by Crippen LogP contribution is 2.79. The third-order valence-corrected chi connectivity index (χ3v) is 27.0. The van der Waals surface area contributed by atoms with Crippen molar-refractivity contribution in [3.63, 3.8) is 0 Å². The number of halogens is 5. The van der Waals surface area contributed by atoms with Gasteiger partial charge in [0.2, 0.25) is 24.1 Å². The Morgan fingerprint density at radius 2 is 1.44 bits per heavy atom. The minimum atomic E-state index is -6.17. The fraction of sp³-hybridized carbons (Fsp3) is 0.571. The summed E-state index contributed by atoms with van der Waals surface area (Å²) >= 11 is 2.97. The number of alkyl halides is 5. The first-order valence-corrected chi connectivity index (χ1v) is 41.7. The Morgan fingerprint density at radius 1 is 0.794 bits per heavy atom. The van der Waals surface area contributed by atoms with E-state index in [2.05, 4.69) is 54.4 Å². The molecule has 1 aromatic heterocycles. The van der Waals surface area contributed by atoms with Gasteiger partial charge in [-0.2, -0.15) is 13.2 Å². The average molecular weight is 1570 g/mol. The first kappa shape index (κ1) is 81.4. The quantitative estimate of drug-likeness (QED) is 0.0116. The van der Waals surface area contributed by atoms with Gasteiger partial charge in [0.25, 0.3) is 25.8 Å². The van der Waals surface area contributed by atoms with Crippen molar-refractivity contribution in [3.05, 3.63) is 131 Å². The van der Waals surface area contributed by atoms with Crippen molar-refractivity contribution in [2.24, 2.45) is 21.7 Å². The van der Waals surface area contributed by atoms with Crippen LogP contribution in [0.4, 0.5) is 33.3 Å². The van der Waals surface area contributed by atoms with Crippen LogP contribution >= 0.6 is 23.1 Å². The Morgan fingerprint density at radius 3 is 2.07 bits per heavy atom. The molecule has 12 rings (SSSR count). The number of anilines is 2. The third kappa shape index (κ3) is 19.8. The summed E-state index contributed by atoms with van der Waals surface area (Å²) in [6, 6.07) is 22.8. The Bertz CT molecular complexity index is 4190.